The van der Waals surface area contributed by atoms with Crippen LogP contribution in [-0.2, 0) is 4.79 Å². The average molecular weight is 482 g/mol. The highest BCUT2D eigenvalue weighted by atomic mass is 19.1. The number of amides is 1. The normalized spacial score (nSPS) is 11.1. The SMILES string of the molecule is COc1cc2c(Nc3cc(F)c4[nH]c(C)cc4c3)ncnc2cc1OCCCCCCC(=O)NO. The Balaban J connectivity index is 1.46. The number of unbranched alkanes of at least 4 members (excludes halogenated alkanes) is 3. The zero-order valence-electron chi connectivity index (χ0n) is 19.7. The summed E-state index contributed by atoms with van der Waals surface area (Å²) in [5.74, 6) is 0.917. The van der Waals surface area contributed by atoms with Gasteiger partial charge in [-0.2, -0.15) is 0 Å². The molecule has 2 aromatic carbocycles. The Morgan fingerprint density at radius 3 is 2.71 bits per heavy atom. The standard InChI is InChI=1S/C25H28FN5O4/c1-15-9-16-10-17(11-19(26)24(16)29-15)30-25-18-12-21(34-2)22(13-20(18)27-14-28-25)35-8-6-4-3-5-7-23(32)31-33/h9-14,29,33H,3-8H2,1-2H3,(H,31,32)(H,27,28,30). The van der Waals surface area contributed by atoms with E-state index in [1.807, 2.05) is 19.1 Å². The lowest BCUT2D eigenvalue weighted by Gasteiger charge is -2.14. The number of nitrogens with zero attached hydrogens (tertiary/aromatic N) is 2. The molecule has 184 valence electrons. The molecule has 0 fully saturated rings. The van der Waals surface area contributed by atoms with E-state index in [0.29, 0.717) is 58.9 Å². The van der Waals surface area contributed by atoms with Crippen molar-refractivity contribution < 1.29 is 23.9 Å². The van der Waals surface area contributed by atoms with Crippen LogP contribution < -0.4 is 20.3 Å². The lowest BCUT2D eigenvalue weighted by atomic mass is 10.1. The van der Waals surface area contributed by atoms with Crippen molar-refractivity contribution in [1.82, 2.24) is 20.4 Å². The molecule has 0 spiro atoms. The van der Waals surface area contributed by atoms with E-state index < -0.39 is 0 Å². The van der Waals surface area contributed by atoms with Crippen LogP contribution in [0.4, 0.5) is 15.9 Å². The fourth-order valence-corrected chi connectivity index (χ4v) is 3.96. The van der Waals surface area contributed by atoms with E-state index in [-0.39, 0.29) is 11.7 Å². The van der Waals surface area contributed by atoms with Crippen molar-refractivity contribution in [3.63, 3.8) is 0 Å². The van der Waals surface area contributed by atoms with Crippen molar-refractivity contribution in [1.29, 1.82) is 0 Å². The fraction of sp³-hybridized carbons (Fsp3) is 0.320. The second kappa shape index (κ2) is 11.0. The largest absolute Gasteiger partial charge is 0.493 e. The number of aromatic amines is 1. The van der Waals surface area contributed by atoms with Crippen molar-refractivity contribution in [2.75, 3.05) is 19.0 Å². The Labute approximate surface area is 201 Å². The summed E-state index contributed by atoms with van der Waals surface area (Å²) < 4.78 is 26.0. The number of ether oxygens (including phenoxy) is 2. The number of nitrogens with one attached hydrogen (secondary N) is 3. The number of benzene rings is 2. The van der Waals surface area contributed by atoms with Crippen LogP contribution in [0.3, 0.4) is 0 Å². The second-order valence-electron chi connectivity index (χ2n) is 8.29. The first-order chi connectivity index (χ1) is 17.0. The molecular formula is C25H28FN5O4. The van der Waals surface area contributed by atoms with Crippen molar-refractivity contribution >= 4 is 39.2 Å². The van der Waals surface area contributed by atoms with Crippen LogP contribution in [0, 0.1) is 12.7 Å². The Hall–Kier alpha value is -3.92. The minimum Gasteiger partial charge on any atom is -0.493 e. The van der Waals surface area contributed by atoms with Gasteiger partial charge in [-0.15, -0.1) is 0 Å². The first kappa shape index (κ1) is 24.2. The smallest absolute Gasteiger partial charge is 0.243 e. The van der Waals surface area contributed by atoms with E-state index in [1.165, 1.54) is 12.4 Å². The zero-order valence-corrected chi connectivity index (χ0v) is 19.7. The maximum absolute atomic E-state index is 14.5. The summed E-state index contributed by atoms with van der Waals surface area (Å²) in [5.41, 5.74) is 4.22. The Morgan fingerprint density at radius 1 is 1.09 bits per heavy atom. The summed E-state index contributed by atoms with van der Waals surface area (Å²) in [6.07, 6.45) is 5.02. The number of methoxy groups -OCH3 is 1. The maximum Gasteiger partial charge on any atom is 0.243 e. The number of fused-ring (bicyclic) bond motifs is 2. The van der Waals surface area contributed by atoms with Gasteiger partial charge in [-0.25, -0.2) is 19.8 Å². The minimum absolute atomic E-state index is 0.303. The molecule has 0 aliphatic rings. The minimum atomic E-state index is -0.372. The molecule has 2 aromatic heterocycles. The maximum atomic E-state index is 14.5. The summed E-state index contributed by atoms with van der Waals surface area (Å²) in [6, 6.07) is 8.78. The molecule has 4 aromatic rings. The van der Waals surface area contributed by atoms with Crippen LogP contribution in [0.5, 0.6) is 11.5 Å². The van der Waals surface area contributed by atoms with Gasteiger partial charge in [0.1, 0.15) is 18.0 Å². The predicted molar refractivity (Wildman–Crippen MR) is 131 cm³/mol. The van der Waals surface area contributed by atoms with Crippen LogP contribution >= 0.6 is 0 Å². The first-order valence-electron chi connectivity index (χ1n) is 11.4. The summed E-state index contributed by atoms with van der Waals surface area (Å²) in [7, 11) is 1.56. The highest BCUT2D eigenvalue weighted by molar-refractivity contribution is 5.94. The molecule has 2 heterocycles. The Kier molecular flexibility index (Phi) is 7.61. The van der Waals surface area contributed by atoms with Crippen LogP contribution in [0.15, 0.2) is 36.7 Å². The van der Waals surface area contributed by atoms with Gasteiger partial charge in [0.25, 0.3) is 0 Å². The van der Waals surface area contributed by atoms with Gasteiger partial charge in [0.15, 0.2) is 11.5 Å². The first-order valence-corrected chi connectivity index (χ1v) is 11.4. The molecule has 9 nitrogen and oxygen atoms in total. The number of carbonyl (C=O) groups excluding carboxylic acids is 1. The van der Waals surface area contributed by atoms with Gasteiger partial charge >= 0.3 is 0 Å². The topological polar surface area (TPSA) is 121 Å². The third kappa shape index (κ3) is 5.78. The molecule has 0 radical (unpaired) electrons. The molecule has 0 saturated heterocycles. The number of aromatic nitrogens is 3. The average Bonchev–Trinajstić information content (AvgIpc) is 3.23. The fourth-order valence-electron chi connectivity index (χ4n) is 3.96. The van der Waals surface area contributed by atoms with Crippen LogP contribution in [0.2, 0.25) is 0 Å². The monoisotopic (exact) mass is 481 g/mol. The number of anilines is 2. The van der Waals surface area contributed by atoms with E-state index in [9.17, 15) is 9.18 Å². The summed E-state index contributed by atoms with van der Waals surface area (Å²) in [6.45, 7) is 2.37. The van der Waals surface area contributed by atoms with E-state index in [4.69, 9.17) is 14.7 Å². The molecule has 0 bridgehead atoms. The Morgan fingerprint density at radius 2 is 1.91 bits per heavy atom. The molecule has 0 unspecified atom stereocenters. The molecule has 0 saturated carbocycles. The van der Waals surface area contributed by atoms with E-state index in [2.05, 4.69) is 20.3 Å². The third-order valence-electron chi connectivity index (χ3n) is 5.68. The Bertz CT molecular complexity index is 1340. The number of hydroxylamine groups is 1. The van der Waals surface area contributed by atoms with E-state index in [0.717, 1.165) is 30.3 Å². The highest BCUT2D eigenvalue weighted by Gasteiger charge is 2.13. The third-order valence-corrected chi connectivity index (χ3v) is 5.68. The van der Waals surface area contributed by atoms with Crippen molar-refractivity contribution in [3.05, 3.63) is 48.2 Å². The van der Waals surface area contributed by atoms with Gasteiger partial charge in [-0.1, -0.05) is 12.8 Å². The van der Waals surface area contributed by atoms with Gasteiger partial charge in [-0.3, -0.25) is 10.0 Å². The van der Waals surface area contributed by atoms with Crippen molar-refractivity contribution in [2.45, 2.75) is 39.0 Å². The molecular weight excluding hydrogens is 453 g/mol. The van der Waals surface area contributed by atoms with Crippen LogP contribution in [0.1, 0.15) is 37.8 Å². The van der Waals surface area contributed by atoms with Gasteiger partial charge < -0.3 is 19.8 Å². The molecule has 1 amide bonds. The van der Waals surface area contributed by atoms with Gasteiger partial charge in [-0.05, 0) is 44.0 Å². The summed E-state index contributed by atoms with van der Waals surface area (Å²) in [4.78, 5) is 22.8. The number of hydrogen-bond donors (Lipinski definition) is 4. The zero-order chi connectivity index (χ0) is 24.8. The number of hydrogen-bond acceptors (Lipinski definition) is 7. The quantitative estimate of drug-likeness (QED) is 0.133. The molecule has 10 heteroatoms. The molecule has 0 aliphatic carbocycles. The number of carbonyl (C=O) groups is 1. The predicted octanol–water partition coefficient (Wildman–Crippen LogP) is 5.15. The molecule has 0 aliphatic heterocycles. The lowest BCUT2D eigenvalue weighted by Crippen LogP contribution is -2.17. The summed E-state index contributed by atoms with van der Waals surface area (Å²) in [5, 5.41) is 13.2. The van der Waals surface area contributed by atoms with Gasteiger partial charge in [0.05, 0.1) is 24.8 Å². The van der Waals surface area contributed by atoms with E-state index >= 15 is 0 Å². The summed E-state index contributed by atoms with van der Waals surface area (Å²) >= 11 is 0. The molecule has 4 rings (SSSR count). The van der Waals surface area contributed by atoms with E-state index in [1.54, 1.807) is 24.7 Å². The van der Waals surface area contributed by atoms with Crippen LogP contribution in [-0.4, -0.2) is 39.8 Å². The number of halogens is 1. The molecule has 4 N–H and O–H groups in total. The van der Waals surface area contributed by atoms with Crippen molar-refractivity contribution in [2.24, 2.45) is 0 Å². The molecule has 35 heavy (non-hydrogen) atoms. The van der Waals surface area contributed by atoms with Crippen molar-refractivity contribution in [3.8, 4) is 11.5 Å². The van der Waals surface area contributed by atoms with Crippen LogP contribution in [0.25, 0.3) is 21.8 Å². The van der Waals surface area contributed by atoms with Gasteiger partial charge in [0.2, 0.25) is 5.91 Å². The number of aryl methyl sites for hydroxylation is 1. The number of rotatable bonds is 11. The van der Waals surface area contributed by atoms with Gasteiger partial charge in [0, 0.05) is 34.6 Å². The highest BCUT2D eigenvalue weighted by Crippen LogP contribution is 2.35. The molecule has 0 atom stereocenters. The number of H-pyrrole nitrogens is 1. The lowest BCUT2D eigenvalue weighted by molar-refractivity contribution is -0.129. The second-order valence-corrected chi connectivity index (χ2v) is 8.29.